The lowest BCUT2D eigenvalue weighted by Gasteiger charge is -2.41. The minimum Gasteiger partial charge on any atom is -0.497 e. The Kier molecular flexibility index (Phi) is 8.59. The molecule has 1 aromatic carbocycles. The summed E-state index contributed by atoms with van der Waals surface area (Å²) in [6.45, 7) is 2.74. The fraction of sp³-hybridized carbons (Fsp3) is 0.500. The quantitative estimate of drug-likeness (QED) is 0.353. The molecule has 0 saturated carbocycles. The molecule has 0 bridgehead atoms. The van der Waals surface area contributed by atoms with Gasteiger partial charge in [0.2, 0.25) is 0 Å². The molecular weight excluding hydrogens is 486 g/mol. The lowest BCUT2D eigenvalue weighted by atomic mass is 9.71. The van der Waals surface area contributed by atoms with Crippen LogP contribution < -0.4 is 4.74 Å². The number of aliphatic hydroxyl groups excluding tert-OH is 1. The van der Waals surface area contributed by atoms with Crippen LogP contribution in [0.25, 0.3) is 10.9 Å². The molecule has 1 aliphatic heterocycles. The second-order valence-corrected chi connectivity index (χ2v) is 10.8. The van der Waals surface area contributed by atoms with Crippen molar-refractivity contribution in [1.82, 2.24) is 14.9 Å². The Labute approximate surface area is 214 Å². The van der Waals surface area contributed by atoms with Crippen LogP contribution in [0.5, 0.6) is 5.75 Å². The van der Waals surface area contributed by atoms with E-state index in [0.717, 1.165) is 61.2 Å². The minimum atomic E-state index is -0.817. The number of fused-ring (bicyclic) bond motifs is 1. The fourth-order valence-electron chi connectivity index (χ4n) is 5.14. The van der Waals surface area contributed by atoms with Crippen molar-refractivity contribution in [1.29, 1.82) is 0 Å². The van der Waals surface area contributed by atoms with Gasteiger partial charge in [-0.2, -0.15) is 0 Å². The highest BCUT2D eigenvalue weighted by Gasteiger charge is 2.37. The Morgan fingerprint density at radius 2 is 2.11 bits per heavy atom. The molecule has 0 amide bonds. The highest BCUT2D eigenvalue weighted by molar-refractivity contribution is 7.09. The van der Waals surface area contributed by atoms with E-state index >= 15 is 0 Å². The van der Waals surface area contributed by atoms with Crippen LogP contribution in [0, 0.1) is 5.41 Å². The number of halogens is 1. The number of carbonyl (C=O) groups is 1. The number of pyridine rings is 1. The van der Waals surface area contributed by atoms with Crippen LogP contribution in [-0.4, -0.2) is 57.8 Å². The van der Waals surface area contributed by atoms with Crippen LogP contribution in [-0.2, 0) is 11.2 Å². The third-order valence-corrected chi connectivity index (χ3v) is 8.28. The molecule has 0 spiro atoms. The number of hydrogen-bond donors (Lipinski definition) is 2. The van der Waals surface area contributed by atoms with E-state index in [9.17, 15) is 15.0 Å². The van der Waals surface area contributed by atoms with E-state index in [1.54, 1.807) is 24.6 Å². The number of ether oxygens (including phenoxy) is 1. The van der Waals surface area contributed by atoms with E-state index in [1.165, 1.54) is 0 Å². The van der Waals surface area contributed by atoms with E-state index in [1.807, 2.05) is 29.8 Å². The maximum absolute atomic E-state index is 11.7. The number of aromatic nitrogens is 2. The van der Waals surface area contributed by atoms with Gasteiger partial charge in [0.25, 0.3) is 0 Å². The zero-order valence-corrected chi connectivity index (χ0v) is 21.5. The number of carboxylic acids is 1. The summed E-state index contributed by atoms with van der Waals surface area (Å²) in [6.07, 6.45) is 7.41. The van der Waals surface area contributed by atoms with E-state index in [4.69, 9.17) is 16.3 Å². The van der Waals surface area contributed by atoms with Crippen LogP contribution in [0.2, 0.25) is 5.02 Å². The molecule has 3 aromatic rings. The molecule has 2 N–H and O–H groups in total. The summed E-state index contributed by atoms with van der Waals surface area (Å²) in [7, 11) is 1.59. The summed E-state index contributed by atoms with van der Waals surface area (Å²) in [5.41, 5.74) is 1.03. The highest BCUT2D eigenvalue weighted by atomic mass is 35.5. The van der Waals surface area contributed by atoms with Crippen LogP contribution >= 0.6 is 22.9 Å². The number of piperidine rings is 1. The molecule has 1 saturated heterocycles. The van der Waals surface area contributed by atoms with Gasteiger partial charge >= 0.3 is 5.97 Å². The zero-order valence-electron chi connectivity index (χ0n) is 20.0. The van der Waals surface area contributed by atoms with Crippen LogP contribution in [0.15, 0.2) is 36.0 Å². The van der Waals surface area contributed by atoms with Crippen molar-refractivity contribution in [2.24, 2.45) is 5.41 Å². The maximum Gasteiger partial charge on any atom is 0.303 e. The Morgan fingerprint density at radius 1 is 1.31 bits per heavy atom. The normalized spacial score (nSPS) is 16.9. The average Bonchev–Trinajstić information content (AvgIpc) is 3.36. The predicted molar refractivity (Wildman–Crippen MR) is 138 cm³/mol. The Hall–Kier alpha value is -2.26. The number of hydrogen-bond acceptors (Lipinski definition) is 7. The molecule has 3 heterocycles. The summed E-state index contributed by atoms with van der Waals surface area (Å²) in [6, 6.07) is 5.51. The second kappa shape index (κ2) is 11.6. The summed E-state index contributed by atoms with van der Waals surface area (Å²) in [4.78, 5) is 22.9. The lowest BCUT2D eigenvalue weighted by molar-refractivity contribution is -0.141. The third kappa shape index (κ3) is 6.50. The number of aliphatic hydroxyl groups is 1. The molecule has 1 fully saturated rings. The smallest absolute Gasteiger partial charge is 0.303 e. The number of nitrogens with zero attached hydrogens (tertiary/aromatic N) is 3. The van der Waals surface area contributed by atoms with Crippen molar-refractivity contribution in [3.8, 4) is 5.75 Å². The lowest BCUT2D eigenvalue weighted by Crippen LogP contribution is -2.41. The SMILES string of the molecule is COc1ccc2ncc(Cl)c([C@@H](O)CCC3(CC(=O)O)CCN(CCCc4nccs4)CC3)c2c1. The first kappa shape index (κ1) is 25.8. The molecule has 9 heteroatoms. The Bertz CT molecular complexity index is 1130. The molecule has 1 atom stereocenters. The summed E-state index contributed by atoms with van der Waals surface area (Å²) < 4.78 is 5.35. The summed E-state index contributed by atoms with van der Waals surface area (Å²) in [5, 5.41) is 25.2. The molecule has 2 aromatic heterocycles. The highest BCUT2D eigenvalue weighted by Crippen LogP contribution is 2.43. The van der Waals surface area contributed by atoms with Crippen molar-refractivity contribution in [2.45, 2.75) is 51.0 Å². The summed E-state index contributed by atoms with van der Waals surface area (Å²) in [5.74, 6) is -0.117. The van der Waals surface area contributed by atoms with Gasteiger partial charge < -0.3 is 19.8 Å². The van der Waals surface area contributed by atoms with Crippen LogP contribution in [0.1, 0.15) is 55.2 Å². The van der Waals surface area contributed by atoms with Crippen LogP contribution in [0.4, 0.5) is 0 Å². The first-order chi connectivity index (χ1) is 16.9. The van der Waals surface area contributed by atoms with Gasteiger partial charge in [-0.3, -0.25) is 9.78 Å². The summed E-state index contributed by atoms with van der Waals surface area (Å²) >= 11 is 8.16. The minimum absolute atomic E-state index is 0.116. The van der Waals surface area contributed by atoms with Gasteiger partial charge in [-0.25, -0.2) is 4.98 Å². The standard InChI is InChI=1S/C26H32ClN3O4S/c1-34-18-4-5-21-19(15-18)25(20(27)17-29-21)22(31)6-7-26(16-24(32)33)8-12-30(13-9-26)11-2-3-23-28-10-14-35-23/h4-5,10,14-15,17,22,31H,2-3,6-9,11-13,16H2,1H3,(H,32,33)/t22-/m0/s1. The van der Waals surface area contributed by atoms with Gasteiger partial charge in [-0.15, -0.1) is 11.3 Å². The molecule has 7 nitrogen and oxygen atoms in total. The maximum atomic E-state index is 11.7. The number of thiazole rings is 1. The second-order valence-electron chi connectivity index (χ2n) is 9.40. The molecule has 188 valence electrons. The molecule has 1 aliphatic rings. The number of methoxy groups -OCH3 is 1. The molecule has 4 rings (SSSR count). The van der Waals surface area contributed by atoms with Crippen molar-refractivity contribution in [3.05, 3.63) is 51.6 Å². The first-order valence-corrected chi connectivity index (χ1v) is 13.3. The average molecular weight is 518 g/mol. The number of aryl methyl sites for hydroxylation is 1. The van der Waals surface area contributed by atoms with E-state index < -0.39 is 12.1 Å². The van der Waals surface area contributed by atoms with E-state index in [0.29, 0.717) is 29.2 Å². The largest absolute Gasteiger partial charge is 0.497 e. The first-order valence-electron chi connectivity index (χ1n) is 12.0. The molecule has 0 radical (unpaired) electrons. The molecular formula is C26H32ClN3O4S. The number of rotatable bonds is 11. The van der Waals surface area contributed by atoms with E-state index in [-0.39, 0.29) is 11.8 Å². The van der Waals surface area contributed by atoms with Gasteiger partial charge in [0, 0.05) is 35.1 Å². The van der Waals surface area contributed by atoms with Crippen molar-refractivity contribution in [3.63, 3.8) is 0 Å². The van der Waals surface area contributed by atoms with Gasteiger partial charge in [0.05, 0.1) is 35.2 Å². The molecule has 0 unspecified atom stereocenters. The Morgan fingerprint density at radius 3 is 2.80 bits per heavy atom. The predicted octanol–water partition coefficient (Wildman–Crippen LogP) is 5.36. The van der Waals surface area contributed by atoms with Crippen molar-refractivity contribution < 1.29 is 19.7 Å². The van der Waals surface area contributed by atoms with Gasteiger partial charge in [-0.05, 0) is 75.4 Å². The Balaban J connectivity index is 1.40. The number of benzene rings is 1. The van der Waals surface area contributed by atoms with Gasteiger partial charge in [0.1, 0.15) is 5.75 Å². The molecule has 35 heavy (non-hydrogen) atoms. The van der Waals surface area contributed by atoms with Gasteiger partial charge in [-0.1, -0.05) is 11.6 Å². The number of aliphatic carboxylic acids is 1. The van der Waals surface area contributed by atoms with Gasteiger partial charge in [0.15, 0.2) is 0 Å². The van der Waals surface area contributed by atoms with Crippen molar-refractivity contribution in [2.75, 3.05) is 26.7 Å². The third-order valence-electron chi connectivity index (χ3n) is 7.14. The number of carboxylic acid groups (broad SMARTS) is 1. The molecule has 0 aliphatic carbocycles. The fourth-order valence-corrected chi connectivity index (χ4v) is 6.08. The monoisotopic (exact) mass is 517 g/mol. The number of likely N-dealkylation sites (tertiary alicyclic amines) is 1. The van der Waals surface area contributed by atoms with Crippen molar-refractivity contribution >= 4 is 39.8 Å². The zero-order chi connectivity index (χ0) is 24.8. The van der Waals surface area contributed by atoms with Crippen LogP contribution in [0.3, 0.4) is 0 Å². The van der Waals surface area contributed by atoms with E-state index in [2.05, 4.69) is 14.9 Å². The topological polar surface area (TPSA) is 95.8 Å².